The van der Waals surface area contributed by atoms with Crippen molar-refractivity contribution in [3.05, 3.63) is 34.6 Å². The molecule has 1 aliphatic rings. The molecular weight excluding hydrogens is 263 g/mol. The minimum atomic E-state index is -0.357. The quantitative estimate of drug-likeness (QED) is 0.933. The van der Waals surface area contributed by atoms with Gasteiger partial charge < -0.3 is 10.5 Å². The Labute approximate surface area is 115 Å². The zero-order valence-electron chi connectivity index (χ0n) is 10.6. The number of hydrogen-bond donors (Lipinski definition) is 1. The van der Waals surface area contributed by atoms with Crippen molar-refractivity contribution in [2.45, 2.75) is 25.3 Å². The van der Waals surface area contributed by atoms with E-state index in [1.807, 2.05) is 0 Å². The Morgan fingerprint density at radius 3 is 2.89 bits per heavy atom. The van der Waals surface area contributed by atoms with Crippen molar-refractivity contribution >= 4 is 11.3 Å². The number of halogens is 1. The number of nitrogens with zero attached hydrogens (tertiary/aromatic N) is 1. The van der Waals surface area contributed by atoms with Crippen molar-refractivity contribution in [3.63, 3.8) is 0 Å². The topological polar surface area (TPSA) is 48.1 Å². The summed E-state index contributed by atoms with van der Waals surface area (Å²) < 4.78 is 18.4. The Kier molecular flexibility index (Phi) is 3.24. The predicted octanol–water partition coefficient (Wildman–Crippen LogP) is 3.29. The molecule has 0 atom stereocenters. The number of rotatable bonds is 4. The fourth-order valence-corrected chi connectivity index (χ4v) is 3.12. The fraction of sp³-hybridized carbons (Fsp3) is 0.357. The summed E-state index contributed by atoms with van der Waals surface area (Å²) in [6, 6.07) is 4.83. The first kappa shape index (κ1) is 12.6. The molecule has 0 aliphatic heterocycles. The van der Waals surface area contributed by atoms with Gasteiger partial charge in [0.25, 0.3) is 0 Å². The van der Waals surface area contributed by atoms with E-state index in [2.05, 4.69) is 4.98 Å². The molecule has 1 aliphatic carbocycles. The summed E-state index contributed by atoms with van der Waals surface area (Å²) in [6.45, 7) is 0.516. The third-order valence-electron chi connectivity index (χ3n) is 3.28. The van der Waals surface area contributed by atoms with Crippen LogP contribution >= 0.6 is 11.3 Å². The Morgan fingerprint density at radius 2 is 2.26 bits per heavy atom. The molecule has 3 nitrogen and oxygen atoms in total. The van der Waals surface area contributed by atoms with Crippen LogP contribution in [0.5, 0.6) is 5.75 Å². The van der Waals surface area contributed by atoms with E-state index in [4.69, 9.17) is 10.5 Å². The monoisotopic (exact) mass is 278 g/mol. The van der Waals surface area contributed by atoms with Gasteiger partial charge in [-0.2, -0.15) is 0 Å². The van der Waals surface area contributed by atoms with Gasteiger partial charge in [-0.05, 0) is 31.0 Å². The normalized spacial score (nSPS) is 14.7. The molecule has 19 heavy (non-hydrogen) atoms. The van der Waals surface area contributed by atoms with Gasteiger partial charge in [-0.25, -0.2) is 9.37 Å². The van der Waals surface area contributed by atoms with Crippen LogP contribution in [0, 0.1) is 5.82 Å². The molecule has 1 saturated carbocycles. The number of hydrogen-bond acceptors (Lipinski definition) is 4. The van der Waals surface area contributed by atoms with E-state index in [1.165, 1.54) is 26.0 Å². The van der Waals surface area contributed by atoms with E-state index in [9.17, 15) is 4.39 Å². The predicted molar refractivity (Wildman–Crippen MR) is 73.9 cm³/mol. The van der Waals surface area contributed by atoms with Gasteiger partial charge >= 0.3 is 0 Å². The van der Waals surface area contributed by atoms with Crippen molar-refractivity contribution in [2.24, 2.45) is 5.73 Å². The lowest BCUT2D eigenvalue weighted by Crippen LogP contribution is -1.96. The third-order valence-corrected chi connectivity index (χ3v) is 4.42. The van der Waals surface area contributed by atoms with Gasteiger partial charge in [-0.3, -0.25) is 0 Å². The van der Waals surface area contributed by atoms with Gasteiger partial charge in [0.15, 0.2) is 11.6 Å². The van der Waals surface area contributed by atoms with Crippen LogP contribution in [0.1, 0.15) is 29.3 Å². The van der Waals surface area contributed by atoms with Crippen LogP contribution in [-0.4, -0.2) is 12.1 Å². The molecule has 1 aromatic carbocycles. The molecule has 1 fully saturated rings. The molecular formula is C14H15FN2OS. The lowest BCUT2D eigenvalue weighted by atomic mass is 10.2. The first-order valence-corrected chi connectivity index (χ1v) is 7.08. The molecule has 100 valence electrons. The lowest BCUT2D eigenvalue weighted by molar-refractivity contribution is 0.387. The highest BCUT2D eigenvalue weighted by Gasteiger charge is 2.29. The number of benzene rings is 1. The van der Waals surface area contributed by atoms with Crippen molar-refractivity contribution < 1.29 is 9.13 Å². The molecule has 2 aromatic rings. The van der Waals surface area contributed by atoms with Crippen molar-refractivity contribution in [3.8, 4) is 16.3 Å². The van der Waals surface area contributed by atoms with Crippen molar-refractivity contribution in [1.29, 1.82) is 0 Å². The number of aromatic nitrogens is 1. The van der Waals surface area contributed by atoms with Crippen molar-refractivity contribution in [1.82, 2.24) is 4.98 Å². The maximum absolute atomic E-state index is 13.4. The minimum absolute atomic E-state index is 0.245. The molecule has 1 aromatic heterocycles. The summed E-state index contributed by atoms with van der Waals surface area (Å²) in [5.74, 6) is 0.463. The number of thiazole rings is 1. The van der Waals surface area contributed by atoms with E-state index >= 15 is 0 Å². The van der Waals surface area contributed by atoms with E-state index in [0.717, 1.165) is 21.1 Å². The fourth-order valence-electron chi connectivity index (χ4n) is 2.10. The molecule has 5 heteroatoms. The molecule has 0 unspecified atom stereocenters. The van der Waals surface area contributed by atoms with Crippen LogP contribution < -0.4 is 10.5 Å². The van der Waals surface area contributed by atoms with Gasteiger partial charge in [0.1, 0.15) is 5.01 Å². The average Bonchev–Trinajstić information content (AvgIpc) is 3.19. The molecule has 3 rings (SSSR count). The van der Waals surface area contributed by atoms with Crippen LogP contribution in [0.3, 0.4) is 0 Å². The number of ether oxygens (including phenoxy) is 1. The molecule has 1 heterocycles. The molecule has 0 amide bonds. The van der Waals surface area contributed by atoms with E-state index in [1.54, 1.807) is 23.5 Å². The van der Waals surface area contributed by atoms with Crippen LogP contribution in [0.2, 0.25) is 0 Å². The van der Waals surface area contributed by atoms with Gasteiger partial charge in [-0.15, -0.1) is 11.3 Å². The van der Waals surface area contributed by atoms with E-state index < -0.39 is 0 Å². The number of nitrogens with two attached hydrogens (primary N) is 1. The summed E-state index contributed by atoms with van der Waals surface area (Å²) in [4.78, 5) is 5.82. The highest BCUT2D eigenvalue weighted by atomic mass is 32.1. The first-order chi connectivity index (χ1) is 9.22. The van der Waals surface area contributed by atoms with Gasteiger partial charge in [-0.1, -0.05) is 0 Å². The van der Waals surface area contributed by atoms with Crippen LogP contribution in [0.25, 0.3) is 10.6 Å². The highest BCUT2D eigenvalue weighted by molar-refractivity contribution is 7.15. The Bertz CT molecular complexity index is 607. The van der Waals surface area contributed by atoms with Gasteiger partial charge in [0.2, 0.25) is 0 Å². The zero-order chi connectivity index (χ0) is 13.4. The second kappa shape index (κ2) is 4.90. The second-order valence-corrected chi connectivity index (χ2v) is 5.74. The maximum Gasteiger partial charge on any atom is 0.165 e. The largest absolute Gasteiger partial charge is 0.494 e. The van der Waals surface area contributed by atoms with Crippen LogP contribution in [0.4, 0.5) is 4.39 Å². The van der Waals surface area contributed by atoms with Gasteiger partial charge in [0.05, 0.1) is 12.8 Å². The number of methoxy groups -OCH3 is 1. The standard InChI is InChI=1S/C14H15FN2OS/c1-18-11-6-9(4-5-10(11)15)14-17-13(8-2-3-8)12(7-16)19-14/h4-6,8H,2-3,7,16H2,1H3. The summed E-state index contributed by atoms with van der Waals surface area (Å²) in [7, 11) is 1.46. The Balaban J connectivity index is 2.01. The molecule has 2 N–H and O–H groups in total. The van der Waals surface area contributed by atoms with E-state index in [0.29, 0.717) is 12.5 Å². The highest BCUT2D eigenvalue weighted by Crippen LogP contribution is 2.44. The Morgan fingerprint density at radius 1 is 1.47 bits per heavy atom. The molecule has 0 saturated heterocycles. The maximum atomic E-state index is 13.4. The van der Waals surface area contributed by atoms with E-state index in [-0.39, 0.29) is 11.6 Å². The van der Waals surface area contributed by atoms with Gasteiger partial charge in [0, 0.05) is 22.9 Å². The van der Waals surface area contributed by atoms with Crippen LogP contribution in [-0.2, 0) is 6.54 Å². The Hall–Kier alpha value is -1.46. The SMILES string of the molecule is COc1cc(-c2nc(C3CC3)c(CN)s2)ccc1F. The zero-order valence-corrected chi connectivity index (χ0v) is 11.5. The lowest BCUT2D eigenvalue weighted by Gasteiger charge is -2.03. The summed E-state index contributed by atoms with van der Waals surface area (Å²) in [6.07, 6.45) is 2.39. The minimum Gasteiger partial charge on any atom is -0.494 e. The summed E-state index contributed by atoms with van der Waals surface area (Å²) in [5, 5.41) is 0.889. The van der Waals surface area contributed by atoms with Crippen molar-refractivity contribution in [2.75, 3.05) is 7.11 Å². The summed E-state index contributed by atoms with van der Waals surface area (Å²) >= 11 is 1.59. The summed E-state index contributed by atoms with van der Waals surface area (Å²) in [5.41, 5.74) is 7.78. The molecule has 0 spiro atoms. The van der Waals surface area contributed by atoms with Crippen LogP contribution in [0.15, 0.2) is 18.2 Å². The second-order valence-electron chi connectivity index (χ2n) is 4.66. The molecule has 0 bridgehead atoms. The smallest absolute Gasteiger partial charge is 0.165 e. The average molecular weight is 278 g/mol. The first-order valence-electron chi connectivity index (χ1n) is 6.26. The molecule has 0 radical (unpaired) electrons. The third kappa shape index (κ3) is 2.35.